The highest BCUT2D eigenvalue weighted by Crippen LogP contribution is 2.26. The highest BCUT2D eigenvalue weighted by atomic mass is 19.2. The summed E-state index contributed by atoms with van der Waals surface area (Å²) in [5.74, 6) is -1.89. The second kappa shape index (κ2) is 5.32. The maximum atomic E-state index is 14.2. The van der Waals surface area contributed by atoms with E-state index in [1.165, 1.54) is 23.0 Å². The lowest BCUT2D eigenvalue weighted by Gasteiger charge is -2.25. The third-order valence-electron chi connectivity index (χ3n) is 3.81. The minimum Gasteiger partial charge on any atom is -0.388 e. The maximum Gasteiger partial charge on any atom is 0.185 e. The topological polar surface area (TPSA) is 38.0 Å². The fourth-order valence-electron chi connectivity index (χ4n) is 2.23. The van der Waals surface area contributed by atoms with E-state index < -0.39 is 17.2 Å². The predicted octanol–water partition coefficient (Wildman–Crippen LogP) is 3.51. The number of benzene rings is 1. The largest absolute Gasteiger partial charge is 0.388 e. The van der Waals surface area contributed by atoms with Gasteiger partial charge < -0.3 is 5.11 Å². The number of nitrogens with zero attached hydrogens (tertiary/aromatic N) is 2. The van der Waals surface area contributed by atoms with Gasteiger partial charge in [-0.15, -0.1) is 0 Å². The lowest BCUT2D eigenvalue weighted by molar-refractivity contribution is 0.0129. The van der Waals surface area contributed by atoms with Crippen molar-refractivity contribution in [2.24, 2.45) is 0 Å². The zero-order chi connectivity index (χ0) is 14.9. The molecule has 0 aliphatic heterocycles. The van der Waals surface area contributed by atoms with E-state index >= 15 is 0 Å². The molecule has 0 aliphatic carbocycles. The number of hydrogen-bond donors (Lipinski definition) is 1. The van der Waals surface area contributed by atoms with Gasteiger partial charge in [-0.2, -0.15) is 5.10 Å². The van der Waals surface area contributed by atoms with Gasteiger partial charge in [-0.05, 0) is 18.9 Å². The van der Waals surface area contributed by atoms with Crippen molar-refractivity contribution in [2.45, 2.75) is 38.8 Å². The average Bonchev–Trinajstić information content (AvgIpc) is 2.85. The molecule has 1 N–H and O–H groups in total. The van der Waals surface area contributed by atoms with Gasteiger partial charge in [0.1, 0.15) is 5.52 Å². The summed E-state index contributed by atoms with van der Waals surface area (Å²) < 4.78 is 29.3. The van der Waals surface area contributed by atoms with E-state index in [1.54, 1.807) is 0 Å². The van der Waals surface area contributed by atoms with Gasteiger partial charge in [-0.25, -0.2) is 8.78 Å². The van der Waals surface area contributed by atoms with Crippen LogP contribution < -0.4 is 0 Å². The van der Waals surface area contributed by atoms with Crippen molar-refractivity contribution in [1.29, 1.82) is 0 Å². The van der Waals surface area contributed by atoms with Crippen molar-refractivity contribution in [3.8, 4) is 0 Å². The van der Waals surface area contributed by atoms with E-state index in [0.29, 0.717) is 18.2 Å². The Balaban J connectivity index is 2.57. The van der Waals surface area contributed by atoms with Gasteiger partial charge in [0.25, 0.3) is 0 Å². The van der Waals surface area contributed by atoms with Crippen LogP contribution in [0.5, 0.6) is 0 Å². The third-order valence-corrected chi connectivity index (χ3v) is 3.81. The predicted molar refractivity (Wildman–Crippen MR) is 75.3 cm³/mol. The van der Waals surface area contributed by atoms with Gasteiger partial charge in [0.15, 0.2) is 11.6 Å². The van der Waals surface area contributed by atoms with Crippen molar-refractivity contribution >= 4 is 17.0 Å². The van der Waals surface area contributed by atoms with Crippen molar-refractivity contribution in [3.63, 3.8) is 0 Å². The number of fused-ring (bicyclic) bond motifs is 1. The van der Waals surface area contributed by atoms with Crippen LogP contribution in [0.15, 0.2) is 18.8 Å². The molecular formula is C15H18F2N2O. The molecule has 5 heteroatoms. The molecule has 2 rings (SSSR count). The van der Waals surface area contributed by atoms with Gasteiger partial charge in [0.05, 0.1) is 18.3 Å². The Labute approximate surface area is 116 Å². The van der Waals surface area contributed by atoms with E-state index in [0.717, 1.165) is 0 Å². The number of aromatic nitrogens is 2. The lowest BCUT2D eigenvalue weighted by Crippen LogP contribution is -2.33. The molecule has 1 aromatic carbocycles. The van der Waals surface area contributed by atoms with Gasteiger partial charge in [0, 0.05) is 10.9 Å². The molecule has 0 aliphatic rings. The Bertz CT molecular complexity index is 645. The lowest BCUT2D eigenvalue weighted by atomic mass is 9.97. The molecule has 0 saturated carbocycles. The second-order valence-corrected chi connectivity index (χ2v) is 4.97. The average molecular weight is 280 g/mol. The molecule has 20 heavy (non-hydrogen) atoms. The number of halogens is 2. The smallest absolute Gasteiger partial charge is 0.185 e. The van der Waals surface area contributed by atoms with Crippen LogP contribution in [-0.4, -0.2) is 20.5 Å². The Morgan fingerprint density at radius 1 is 1.35 bits per heavy atom. The third kappa shape index (κ3) is 2.33. The molecule has 0 atom stereocenters. The molecule has 0 fully saturated rings. The van der Waals surface area contributed by atoms with Crippen LogP contribution >= 0.6 is 0 Å². The molecule has 0 spiro atoms. The minimum atomic E-state index is -0.973. The summed E-state index contributed by atoms with van der Waals surface area (Å²) in [6.45, 7) is 7.29. The second-order valence-electron chi connectivity index (χ2n) is 4.97. The Morgan fingerprint density at radius 3 is 2.55 bits per heavy atom. The molecule has 0 saturated heterocycles. The summed E-state index contributed by atoms with van der Waals surface area (Å²) in [5, 5.41) is 14.9. The van der Waals surface area contributed by atoms with Crippen molar-refractivity contribution in [3.05, 3.63) is 36.0 Å². The molecule has 0 radical (unpaired) electrons. The summed E-state index contributed by atoms with van der Waals surface area (Å²) in [7, 11) is 0. The fourth-order valence-corrected chi connectivity index (χ4v) is 2.23. The van der Waals surface area contributed by atoms with E-state index in [9.17, 15) is 13.9 Å². The molecule has 0 bridgehead atoms. The van der Waals surface area contributed by atoms with E-state index in [2.05, 4.69) is 11.7 Å². The molecule has 0 unspecified atom stereocenters. The van der Waals surface area contributed by atoms with Crippen LogP contribution in [0.4, 0.5) is 8.78 Å². The first-order valence-electron chi connectivity index (χ1n) is 6.64. The number of aliphatic hydroxyl groups is 1. The van der Waals surface area contributed by atoms with E-state index in [4.69, 9.17) is 0 Å². The summed E-state index contributed by atoms with van der Waals surface area (Å²) in [6, 6.07) is 1.50. The van der Waals surface area contributed by atoms with Crippen molar-refractivity contribution < 1.29 is 13.9 Å². The molecule has 108 valence electrons. The van der Waals surface area contributed by atoms with E-state index in [1.807, 2.05) is 13.8 Å². The molecule has 2 aromatic rings. The highest BCUT2D eigenvalue weighted by molar-refractivity contribution is 5.82. The zero-order valence-corrected chi connectivity index (χ0v) is 11.7. The Kier molecular flexibility index (Phi) is 3.90. The van der Waals surface area contributed by atoms with Crippen molar-refractivity contribution in [2.75, 3.05) is 0 Å². The molecule has 3 nitrogen and oxygen atoms in total. The van der Waals surface area contributed by atoms with Crippen LogP contribution in [-0.2, 0) is 6.54 Å². The molecule has 1 aromatic heterocycles. The van der Waals surface area contributed by atoms with E-state index in [-0.39, 0.29) is 17.6 Å². The first kappa shape index (κ1) is 14.7. The van der Waals surface area contributed by atoms with Crippen molar-refractivity contribution in [1.82, 2.24) is 9.78 Å². The van der Waals surface area contributed by atoms with Crippen LogP contribution in [0.2, 0.25) is 0 Å². The minimum absolute atomic E-state index is 0.0772. The van der Waals surface area contributed by atoms with Gasteiger partial charge >= 0.3 is 0 Å². The number of rotatable bonds is 5. The van der Waals surface area contributed by atoms with Crippen LogP contribution in [0.3, 0.4) is 0 Å². The van der Waals surface area contributed by atoms with Gasteiger partial charge in [-0.1, -0.05) is 26.5 Å². The Morgan fingerprint density at radius 2 is 2.00 bits per heavy atom. The van der Waals surface area contributed by atoms with Gasteiger partial charge in [0.2, 0.25) is 0 Å². The maximum absolute atomic E-state index is 14.2. The normalized spacial score (nSPS) is 12.1. The molecule has 0 amide bonds. The van der Waals surface area contributed by atoms with Crippen LogP contribution in [0.1, 0.15) is 32.3 Å². The zero-order valence-electron chi connectivity index (χ0n) is 11.7. The van der Waals surface area contributed by atoms with Gasteiger partial charge in [-0.3, -0.25) is 4.68 Å². The number of hydrogen-bond acceptors (Lipinski definition) is 2. The van der Waals surface area contributed by atoms with Crippen LogP contribution in [0.25, 0.3) is 17.0 Å². The molecular weight excluding hydrogens is 262 g/mol. The monoisotopic (exact) mass is 280 g/mol. The highest BCUT2D eigenvalue weighted by Gasteiger charge is 2.25. The summed E-state index contributed by atoms with van der Waals surface area (Å²) >= 11 is 0. The first-order valence-corrected chi connectivity index (χ1v) is 6.64. The summed E-state index contributed by atoms with van der Waals surface area (Å²) in [6.07, 6.45) is 3.76. The quantitative estimate of drug-likeness (QED) is 0.910. The van der Waals surface area contributed by atoms with Crippen LogP contribution in [0, 0.1) is 11.6 Å². The summed E-state index contributed by atoms with van der Waals surface area (Å²) in [4.78, 5) is 0. The summed E-state index contributed by atoms with van der Waals surface area (Å²) in [5.41, 5.74) is -0.789. The first-order chi connectivity index (χ1) is 9.45. The fraction of sp³-hybridized carbons (Fsp3) is 0.400. The SMILES string of the molecule is C=Cc1cc2cnn(CC(O)(CC)CC)c2c(F)c1F. The Hall–Kier alpha value is -1.75. The molecule has 1 heterocycles. The standard InChI is InChI=1S/C15H18F2N2O/c1-4-10-7-11-8-18-19(9-15(20,5-2)6-3)14(11)13(17)12(10)16/h4,7-8,20H,1,5-6,9H2,2-3H3.